The zero-order valence-corrected chi connectivity index (χ0v) is 11.4. The molecule has 116 valence electrons. The van der Waals surface area contributed by atoms with E-state index in [0.717, 1.165) is 18.2 Å². The number of esters is 1. The van der Waals surface area contributed by atoms with Crippen LogP contribution in [0.15, 0.2) is 36.9 Å². The first-order chi connectivity index (χ1) is 9.86. The van der Waals surface area contributed by atoms with E-state index in [0.29, 0.717) is 0 Å². The zero-order valence-electron chi connectivity index (χ0n) is 11.4. The van der Waals surface area contributed by atoms with Gasteiger partial charge in [0.05, 0.1) is 12.2 Å². The van der Waals surface area contributed by atoms with Gasteiger partial charge in [0, 0.05) is 13.2 Å². The highest BCUT2D eigenvalue weighted by molar-refractivity contribution is 5.81. The van der Waals surface area contributed by atoms with Crippen LogP contribution in [0, 0.1) is 0 Å². The van der Waals surface area contributed by atoms with Crippen molar-refractivity contribution in [3.63, 3.8) is 0 Å². The molecule has 1 rings (SSSR count). The number of rotatable bonds is 7. The fourth-order valence-electron chi connectivity index (χ4n) is 1.47. The van der Waals surface area contributed by atoms with Crippen molar-refractivity contribution in [1.82, 2.24) is 0 Å². The predicted molar refractivity (Wildman–Crippen MR) is 68.9 cm³/mol. The van der Waals surface area contributed by atoms with Gasteiger partial charge < -0.3 is 14.2 Å². The third-order valence-corrected chi connectivity index (χ3v) is 2.40. The van der Waals surface area contributed by atoms with Crippen molar-refractivity contribution in [3.8, 4) is 5.75 Å². The van der Waals surface area contributed by atoms with E-state index in [1.165, 1.54) is 19.2 Å². The minimum Gasteiger partial charge on any atom is -0.490 e. The van der Waals surface area contributed by atoms with Crippen LogP contribution in [0.3, 0.4) is 0 Å². The average molecular weight is 304 g/mol. The Morgan fingerprint density at radius 1 is 1.38 bits per heavy atom. The number of methoxy groups -OCH3 is 1. The van der Waals surface area contributed by atoms with Crippen LogP contribution in [0.5, 0.6) is 5.75 Å². The van der Waals surface area contributed by atoms with Crippen molar-refractivity contribution in [3.05, 3.63) is 42.5 Å². The van der Waals surface area contributed by atoms with Crippen LogP contribution < -0.4 is 4.74 Å². The molecule has 0 aliphatic heterocycles. The molecule has 0 spiro atoms. The molecule has 0 amide bonds. The molecule has 1 aromatic carbocycles. The number of carbonyl (C=O) groups is 1. The maximum Gasteiger partial charge on any atom is 0.416 e. The Morgan fingerprint density at radius 3 is 2.67 bits per heavy atom. The van der Waals surface area contributed by atoms with Crippen LogP contribution >= 0.6 is 0 Å². The zero-order chi connectivity index (χ0) is 15.9. The number of hydrogen-bond donors (Lipinski definition) is 0. The van der Waals surface area contributed by atoms with Gasteiger partial charge in [-0.2, -0.15) is 13.2 Å². The van der Waals surface area contributed by atoms with E-state index in [9.17, 15) is 18.0 Å². The summed E-state index contributed by atoms with van der Waals surface area (Å²) >= 11 is 0. The summed E-state index contributed by atoms with van der Waals surface area (Å²) in [6.45, 7) is 3.17. The van der Waals surface area contributed by atoms with Crippen molar-refractivity contribution in [2.24, 2.45) is 0 Å². The van der Waals surface area contributed by atoms with Gasteiger partial charge in [-0.15, -0.1) is 0 Å². The quantitative estimate of drug-likeness (QED) is 0.574. The Kier molecular flexibility index (Phi) is 6.23. The third-order valence-electron chi connectivity index (χ3n) is 2.40. The largest absolute Gasteiger partial charge is 0.490 e. The smallest absolute Gasteiger partial charge is 0.416 e. The van der Waals surface area contributed by atoms with Gasteiger partial charge >= 0.3 is 12.1 Å². The van der Waals surface area contributed by atoms with Crippen molar-refractivity contribution >= 4 is 5.97 Å². The van der Waals surface area contributed by atoms with Crippen LogP contribution in [-0.4, -0.2) is 32.4 Å². The van der Waals surface area contributed by atoms with E-state index in [4.69, 9.17) is 14.2 Å². The second-order valence-electron chi connectivity index (χ2n) is 4.05. The van der Waals surface area contributed by atoms with Gasteiger partial charge in [0.1, 0.15) is 12.4 Å². The molecule has 7 heteroatoms. The fraction of sp³-hybridized carbons (Fsp3) is 0.357. The molecule has 0 aromatic heterocycles. The standard InChI is InChI=1S/C14H15F3O4/c1-3-13(18)21-12(8-19-2)9-20-11-6-4-5-10(7-11)14(15,16)17/h3-7,12H,1,8-9H2,2H3. The average Bonchev–Trinajstić information content (AvgIpc) is 2.44. The molecule has 0 saturated heterocycles. The molecule has 1 unspecified atom stereocenters. The summed E-state index contributed by atoms with van der Waals surface area (Å²) in [4.78, 5) is 11.1. The van der Waals surface area contributed by atoms with Gasteiger partial charge in [-0.3, -0.25) is 0 Å². The topological polar surface area (TPSA) is 44.8 Å². The summed E-state index contributed by atoms with van der Waals surface area (Å²) in [6, 6.07) is 4.43. The Labute approximate surface area is 120 Å². The number of hydrogen-bond acceptors (Lipinski definition) is 4. The minimum atomic E-state index is -4.44. The van der Waals surface area contributed by atoms with Crippen LogP contribution in [-0.2, 0) is 20.4 Å². The normalized spacial score (nSPS) is 12.6. The van der Waals surface area contributed by atoms with E-state index in [1.807, 2.05) is 0 Å². The molecular weight excluding hydrogens is 289 g/mol. The predicted octanol–water partition coefficient (Wildman–Crippen LogP) is 2.83. The lowest BCUT2D eigenvalue weighted by molar-refractivity contribution is -0.147. The highest BCUT2D eigenvalue weighted by atomic mass is 19.4. The summed E-state index contributed by atoms with van der Waals surface area (Å²) in [7, 11) is 1.40. The lowest BCUT2D eigenvalue weighted by atomic mass is 10.2. The molecular formula is C14H15F3O4. The van der Waals surface area contributed by atoms with Crippen molar-refractivity contribution in [2.75, 3.05) is 20.3 Å². The highest BCUT2D eigenvalue weighted by Gasteiger charge is 2.30. The minimum absolute atomic E-state index is 0.0283. The summed E-state index contributed by atoms with van der Waals surface area (Å²) in [5.74, 6) is -0.634. The Hall–Kier alpha value is -2.02. The fourth-order valence-corrected chi connectivity index (χ4v) is 1.47. The number of halogens is 3. The van der Waals surface area contributed by atoms with Crippen LogP contribution in [0.4, 0.5) is 13.2 Å². The molecule has 0 heterocycles. The number of ether oxygens (including phenoxy) is 3. The van der Waals surface area contributed by atoms with E-state index in [2.05, 4.69) is 6.58 Å². The summed E-state index contributed by atoms with van der Waals surface area (Å²) in [5.41, 5.74) is -0.814. The molecule has 0 aliphatic rings. The van der Waals surface area contributed by atoms with E-state index >= 15 is 0 Å². The Balaban J connectivity index is 2.67. The summed E-state index contributed by atoms with van der Waals surface area (Å²) < 4.78 is 52.6. The molecule has 21 heavy (non-hydrogen) atoms. The lowest BCUT2D eigenvalue weighted by Crippen LogP contribution is -2.28. The van der Waals surface area contributed by atoms with Crippen molar-refractivity contribution < 1.29 is 32.2 Å². The molecule has 4 nitrogen and oxygen atoms in total. The summed E-state index contributed by atoms with van der Waals surface area (Å²) in [5, 5.41) is 0. The summed E-state index contributed by atoms with van der Waals surface area (Å²) in [6.07, 6.45) is -4.21. The molecule has 0 bridgehead atoms. The molecule has 0 fully saturated rings. The number of carbonyl (C=O) groups excluding carboxylic acids is 1. The highest BCUT2D eigenvalue weighted by Crippen LogP contribution is 2.31. The van der Waals surface area contributed by atoms with Crippen LogP contribution in [0.2, 0.25) is 0 Å². The van der Waals surface area contributed by atoms with Gasteiger partial charge in [0.15, 0.2) is 6.10 Å². The second kappa shape index (κ2) is 7.68. The van der Waals surface area contributed by atoms with Crippen molar-refractivity contribution in [2.45, 2.75) is 12.3 Å². The first-order valence-electron chi connectivity index (χ1n) is 5.99. The van der Waals surface area contributed by atoms with Gasteiger partial charge in [0.25, 0.3) is 0 Å². The molecule has 0 aliphatic carbocycles. The Bertz CT molecular complexity index is 485. The van der Waals surface area contributed by atoms with Gasteiger partial charge in [-0.25, -0.2) is 4.79 Å². The van der Waals surface area contributed by atoms with E-state index in [-0.39, 0.29) is 19.0 Å². The van der Waals surface area contributed by atoms with Gasteiger partial charge in [-0.05, 0) is 18.2 Å². The Morgan fingerprint density at radius 2 is 2.10 bits per heavy atom. The molecule has 0 N–H and O–H groups in total. The number of alkyl halides is 3. The SMILES string of the molecule is C=CC(=O)OC(COC)COc1cccc(C(F)(F)F)c1. The van der Waals surface area contributed by atoms with Gasteiger partial charge in [0.2, 0.25) is 0 Å². The maximum absolute atomic E-state index is 12.5. The lowest BCUT2D eigenvalue weighted by Gasteiger charge is -2.17. The number of benzene rings is 1. The van der Waals surface area contributed by atoms with E-state index < -0.39 is 23.8 Å². The first-order valence-corrected chi connectivity index (χ1v) is 5.99. The molecule has 1 aromatic rings. The second-order valence-corrected chi connectivity index (χ2v) is 4.05. The van der Waals surface area contributed by atoms with E-state index in [1.54, 1.807) is 0 Å². The molecule has 1 atom stereocenters. The van der Waals surface area contributed by atoms with Gasteiger partial charge in [-0.1, -0.05) is 12.6 Å². The first kappa shape index (κ1) is 17.0. The van der Waals surface area contributed by atoms with Crippen molar-refractivity contribution in [1.29, 1.82) is 0 Å². The van der Waals surface area contributed by atoms with Crippen LogP contribution in [0.1, 0.15) is 5.56 Å². The van der Waals surface area contributed by atoms with Crippen LogP contribution in [0.25, 0.3) is 0 Å². The third kappa shape index (κ3) is 5.86. The maximum atomic E-state index is 12.5. The monoisotopic (exact) mass is 304 g/mol. The molecule has 0 radical (unpaired) electrons. The molecule has 0 saturated carbocycles.